The normalized spacial score (nSPS) is 33.4. The molecule has 54 heavy (non-hydrogen) atoms. The topological polar surface area (TPSA) is 263 Å². The van der Waals surface area contributed by atoms with Crippen molar-refractivity contribution in [2.45, 2.75) is 139 Å². The van der Waals surface area contributed by atoms with Crippen LogP contribution in [0.1, 0.15) is 75.4 Å². The summed E-state index contributed by atoms with van der Waals surface area (Å²) in [5.41, 5.74) is 0.669. The average molecular weight is 757 g/mol. The number of hydrogen-bond acceptors (Lipinski definition) is 16. The molecule has 6 N–H and O–H groups in total. The van der Waals surface area contributed by atoms with Crippen LogP contribution in [0, 0.1) is 11.8 Å². The molecule has 7 heterocycles. The van der Waals surface area contributed by atoms with Crippen molar-refractivity contribution in [3.63, 3.8) is 0 Å². The van der Waals surface area contributed by atoms with Gasteiger partial charge in [0.1, 0.15) is 36.5 Å². The van der Waals surface area contributed by atoms with Crippen LogP contribution < -0.4 is 0 Å². The van der Waals surface area contributed by atoms with Crippen molar-refractivity contribution < 1.29 is 40.1 Å². The van der Waals surface area contributed by atoms with Gasteiger partial charge in [0.05, 0.1) is 72.5 Å². The maximum Gasteiger partial charge on any atom is 0.108 e. The van der Waals surface area contributed by atoms with Crippen molar-refractivity contribution >= 4 is 0 Å². The molecule has 0 unspecified atom stereocenters. The van der Waals surface area contributed by atoms with E-state index in [1.807, 2.05) is 0 Å². The summed E-state index contributed by atoms with van der Waals surface area (Å²) in [5.74, 6) is -1.49. The van der Waals surface area contributed by atoms with Gasteiger partial charge in [-0.3, -0.25) is 0 Å². The molecule has 3 aliphatic rings. The highest BCUT2D eigenvalue weighted by molar-refractivity contribution is 5.06. The van der Waals surface area contributed by atoms with Gasteiger partial charge in [-0.15, -0.1) is 20.4 Å². The summed E-state index contributed by atoms with van der Waals surface area (Å²) in [6.07, 6.45) is 3.76. The van der Waals surface area contributed by atoms with Crippen LogP contribution in [0.25, 0.3) is 0 Å². The average Bonchev–Trinajstić information content (AvgIpc) is 3.93. The van der Waals surface area contributed by atoms with E-state index in [1.54, 1.807) is 61.8 Å². The fourth-order valence-corrected chi connectivity index (χ4v) is 8.31. The highest BCUT2D eigenvalue weighted by Gasteiger charge is 2.52. The monoisotopic (exact) mass is 756 g/mol. The van der Waals surface area contributed by atoms with Gasteiger partial charge in [-0.1, -0.05) is 20.9 Å². The molecule has 0 spiro atoms. The molecular weight excluding hydrogens is 704 g/mol. The van der Waals surface area contributed by atoms with E-state index >= 15 is 0 Å². The van der Waals surface area contributed by atoms with Crippen molar-refractivity contribution in [2.75, 3.05) is 13.2 Å². The summed E-state index contributed by atoms with van der Waals surface area (Å²) in [4.78, 5) is 0. The number of fused-ring (bicyclic) bond motifs is 14. The molecule has 20 nitrogen and oxygen atoms in total. The van der Waals surface area contributed by atoms with E-state index in [0.717, 1.165) is 11.4 Å². The molecule has 0 radical (unpaired) electrons. The van der Waals surface area contributed by atoms with Crippen LogP contribution in [0.3, 0.4) is 0 Å². The Morgan fingerprint density at radius 2 is 0.907 bits per heavy atom. The Morgan fingerprint density at radius 3 is 1.28 bits per heavy atom. The minimum atomic E-state index is -1.25. The Labute approximate surface area is 311 Å². The summed E-state index contributed by atoms with van der Waals surface area (Å²) in [6.45, 7) is 6.63. The lowest BCUT2D eigenvalue weighted by atomic mass is 9.83. The fraction of sp³-hybridized carbons (Fsp3) is 0.765. The molecule has 3 aliphatic heterocycles. The van der Waals surface area contributed by atoms with E-state index in [2.05, 4.69) is 41.2 Å². The van der Waals surface area contributed by atoms with Gasteiger partial charge < -0.3 is 40.1 Å². The van der Waals surface area contributed by atoms with Gasteiger partial charge in [0.15, 0.2) is 0 Å². The first-order valence-electron chi connectivity index (χ1n) is 18.7. The first kappa shape index (κ1) is 38.5. The third-order valence-corrected chi connectivity index (χ3v) is 11.4. The van der Waals surface area contributed by atoms with E-state index in [4.69, 9.17) is 9.47 Å². The van der Waals surface area contributed by atoms with Gasteiger partial charge in [-0.2, -0.15) is 0 Å². The maximum atomic E-state index is 11.8. The predicted molar refractivity (Wildman–Crippen MR) is 185 cm³/mol. The van der Waals surface area contributed by atoms with E-state index in [-0.39, 0.29) is 26.3 Å². The third kappa shape index (κ3) is 7.70. The van der Waals surface area contributed by atoms with Gasteiger partial charge in [0.2, 0.25) is 0 Å². The van der Waals surface area contributed by atoms with Crippen LogP contribution in [-0.4, -0.2) is 152 Å². The van der Waals surface area contributed by atoms with Crippen LogP contribution in [0.5, 0.6) is 0 Å². The van der Waals surface area contributed by atoms with Gasteiger partial charge in [0, 0.05) is 36.6 Å². The number of nitrogens with zero attached hydrogens (tertiary/aromatic N) is 12. The second-order valence-corrected chi connectivity index (χ2v) is 16.0. The van der Waals surface area contributed by atoms with Crippen molar-refractivity contribution in [2.24, 2.45) is 11.8 Å². The van der Waals surface area contributed by atoms with Crippen molar-refractivity contribution in [3.8, 4) is 0 Å². The van der Waals surface area contributed by atoms with Gasteiger partial charge in [-0.25, -0.2) is 18.7 Å². The molecule has 4 aromatic rings. The largest absolute Gasteiger partial charge is 0.396 e. The minimum absolute atomic E-state index is 0.137. The number of aliphatic hydroxyl groups is 6. The molecule has 2 fully saturated rings. The highest BCUT2D eigenvalue weighted by Crippen LogP contribution is 2.40. The quantitative estimate of drug-likeness (QED) is 0.132. The first-order chi connectivity index (χ1) is 25.8. The lowest BCUT2D eigenvalue weighted by Crippen LogP contribution is -2.45. The SMILES string of the molecule is CC1(C)O[C@H]2Cn3cc(nn3)CCCc3cn(nn3)C[C@@H]3OC(C)(C)[C@@H](CO)[C@H](O)[C@H]([C@@H]3O)n3cc(nn3)CCCc3cn(nn3)[C@H]([C@@H](O)[C@@H]1CO)[C@@H]2O. The Bertz CT molecular complexity index is 1710. The Hall–Kier alpha value is -3.76. The molecule has 2 saturated heterocycles. The van der Waals surface area contributed by atoms with E-state index < -0.39 is 71.7 Å². The van der Waals surface area contributed by atoms with E-state index in [1.165, 1.54) is 9.36 Å². The number of rotatable bonds is 2. The highest BCUT2D eigenvalue weighted by atomic mass is 16.5. The molecule has 12 bridgehead atoms. The zero-order chi connectivity index (χ0) is 38.4. The molecule has 20 heteroatoms. The molecular formula is C34H52N12O8. The number of hydrogen-bond donors (Lipinski definition) is 6. The van der Waals surface area contributed by atoms with Crippen molar-refractivity contribution in [3.05, 3.63) is 47.6 Å². The van der Waals surface area contributed by atoms with Gasteiger partial charge in [0.25, 0.3) is 0 Å². The predicted octanol–water partition coefficient (Wildman–Crippen LogP) is -1.79. The number of ether oxygens (including phenoxy) is 2. The first-order valence-corrected chi connectivity index (χ1v) is 18.7. The molecule has 0 aliphatic carbocycles. The second-order valence-electron chi connectivity index (χ2n) is 16.0. The molecule has 0 aromatic carbocycles. The van der Waals surface area contributed by atoms with Crippen LogP contribution in [-0.2, 0) is 48.2 Å². The fourth-order valence-electron chi connectivity index (χ4n) is 8.31. The van der Waals surface area contributed by atoms with Crippen molar-refractivity contribution in [1.82, 2.24) is 60.0 Å². The van der Waals surface area contributed by atoms with Gasteiger partial charge in [-0.05, 0) is 66.2 Å². The Balaban J connectivity index is 1.20. The summed E-state index contributed by atoms with van der Waals surface area (Å²) in [6, 6.07) is -1.97. The molecule has 10 atom stereocenters. The minimum Gasteiger partial charge on any atom is -0.396 e. The second kappa shape index (κ2) is 15.4. The zero-order valence-electron chi connectivity index (χ0n) is 31.0. The standard InChI is InChI=1S/C34H52N12O8/c1-33(2)23(17-47)29(49)27-31(51)25(53-33)15-43-11-19(35-39-43)7-5-8-20-12-44(40-36-20)16-26-32(52)28(30(50)24(18-48)34(3,4)54-26)46-14-22(38-42-46)10-6-9-21-13-45(27)41-37-21/h11-14,23-32,47-52H,5-10,15-18H2,1-4H3/t23-,24-,25-,26-,27+,28+,29-,30-,31+,32+/m0/s1. The Kier molecular flexibility index (Phi) is 11.0. The van der Waals surface area contributed by atoms with Crippen LogP contribution in [0.2, 0.25) is 0 Å². The maximum absolute atomic E-state index is 11.8. The number of aliphatic hydroxyl groups excluding tert-OH is 6. The molecule has 0 saturated carbocycles. The molecule has 0 amide bonds. The smallest absolute Gasteiger partial charge is 0.108 e. The lowest BCUT2D eigenvalue weighted by molar-refractivity contribution is -0.144. The van der Waals surface area contributed by atoms with Crippen molar-refractivity contribution in [1.29, 1.82) is 0 Å². The lowest BCUT2D eigenvalue weighted by Gasteiger charge is -2.35. The van der Waals surface area contributed by atoms with E-state index in [0.29, 0.717) is 49.9 Å². The molecule has 4 aromatic heterocycles. The summed E-state index contributed by atoms with van der Waals surface area (Å²) < 4.78 is 18.9. The summed E-state index contributed by atoms with van der Waals surface area (Å²) in [7, 11) is 0. The Morgan fingerprint density at radius 1 is 0.556 bits per heavy atom. The zero-order valence-corrected chi connectivity index (χ0v) is 31.0. The summed E-state index contributed by atoms with van der Waals surface area (Å²) in [5, 5.41) is 102. The number of aromatic nitrogens is 12. The van der Waals surface area contributed by atoms with Crippen LogP contribution >= 0.6 is 0 Å². The number of aryl methyl sites for hydroxylation is 4. The molecule has 7 rings (SSSR count). The summed E-state index contributed by atoms with van der Waals surface area (Å²) >= 11 is 0. The van der Waals surface area contributed by atoms with Gasteiger partial charge >= 0.3 is 0 Å². The van der Waals surface area contributed by atoms with Crippen LogP contribution in [0.4, 0.5) is 0 Å². The van der Waals surface area contributed by atoms with Crippen LogP contribution in [0.15, 0.2) is 24.8 Å². The third-order valence-electron chi connectivity index (χ3n) is 11.4. The van der Waals surface area contributed by atoms with E-state index in [9.17, 15) is 30.6 Å². The molecule has 296 valence electrons.